The summed E-state index contributed by atoms with van der Waals surface area (Å²) in [6.45, 7) is 3.68. The molecule has 0 radical (unpaired) electrons. The van der Waals surface area contributed by atoms with E-state index in [1.54, 1.807) is 43.3 Å². The van der Waals surface area contributed by atoms with Gasteiger partial charge in [-0.25, -0.2) is 0 Å². The number of phenols is 1. The Hall–Kier alpha value is -1.38. The predicted octanol–water partition coefficient (Wildman–Crippen LogP) is 4.74. The summed E-state index contributed by atoms with van der Waals surface area (Å²) >= 11 is 6.68. The fourth-order valence-corrected chi connectivity index (χ4v) is 5.47. The first-order chi connectivity index (χ1) is 11.7. The van der Waals surface area contributed by atoms with E-state index in [0.29, 0.717) is 22.2 Å². The summed E-state index contributed by atoms with van der Waals surface area (Å²) in [5.41, 5.74) is 2.17. The number of hydrogen-bond acceptors (Lipinski definition) is 4. The number of hydrogen-bond donors (Lipinski definition) is 1. The number of nitrogens with zero attached hydrogens (tertiary/aromatic N) is 2. The molecule has 1 atom stereocenters. The molecule has 1 unspecified atom stereocenters. The molecule has 1 heterocycles. The summed E-state index contributed by atoms with van der Waals surface area (Å²) in [5, 5.41) is 14.7. The van der Waals surface area contributed by atoms with Gasteiger partial charge in [0.15, 0.2) is 0 Å². The van der Waals surface area contributed by atoms with Crippen molar-refractivity contribution < 1.29 is 13.5 Å². The standard InChI is InChI=1S/C17H16Br2N2O3S/c1-10-3-5-13(6-4-10)25(23,24)21-16(7-11(2)20-21)14-8-12(18)9-15(19)17(14)22/h3-6,8-9,16,22H,7H2,1-2H3. The maximum atomic E-state index is 13.1. The summed E-state index contributed by atoms with van der Waals surface area (Å²) in [7, 11) is -3.82. The Balaban J connectivity index is 2.09. The average molecular weight is 488 g/mol. The first kappa shape index (κ1) is 18.4. The van der Waals surface area contributed by atoms with Crippen molar-refractivity contribution in [2.45, 2.75) is 31.2 Å². The van der Waals surface area contributed by atoms with Crippen molar-refractivity contribution in [3.63, 3.8) is 0 Å². The number of rotatable bonds is 3. The van der Waals surface area contributed by atoms with Gasteiger partial charge in [0.25, 0.3) is 10.0 Å². The maximum absolute atomic E-state index is 13.1. The molecule has 1 aliphatic heterocycles. The van der Waals surface area contributed by atoms with E-state index in [4.69, 9.17) is 0 Å². The molecular weight excluding hydrogens is 472 g/mol. The van der Waals surface area contributed by atoms with Gasteiger partial charge < -0.3 is 5.11 Å². The zero-order valence-corrected chi connectivity index (χ0v) is 17.6. The lowest BCUT2D eigenvalue weighted by molar-refractivity contribution is 0.357. The van der Waals surface area contributed by atoms with Gasteiger partial charge in [-0.3, -0.25) is 0 Å². The summed E-state index contributed by atoms with van der Waals surface area (Å²) < 4.78 is 28.5. The lowest BCUT2D eigenvalue weighted by Crippen LogP contribution is -2.27. The monoisotopic (exact) mass is 486 g/mol. The van der Waals surface area contributed by atoms with Gasteiger partial charge in [0.1, 0.15) is 5.75 Å². The highest BCUT2D eigenvalue weighted by molar-refractivity contribution is 9.11. The van der Waals surface area contributed by atoms with E-state index in [0.717, 1.165) is 14.5 Å². The molecule has 0 aromatic heterocycles. The van der Waals surface area contributed by atoms with E-state index in [2.05, 4.69) is 37.0 Å². The molecule has 25 heavy (non-hydrogen) atoms. The SMILES string of the molecule is CC1=NN(S(=O)(=O)c2ccc(C)cc2)C(c2cc(Br)cc(Br)c2O)C1. The number of hydrazone groups is 1. The lowest BCUT2D eigenvalue weighted by Gasteiger charge is -2.24. The van der Waals surface area contributed by atoms with Crippen molar-refractivity contribution in [3.8, 4) is 5.75 Å². The first-order valence-electron chi connectivity index (χ1n) is 7.53. The molecule has 0 aliphatic carbocycles. The molecule has 0 spiro atoms. The molecule has 5 nitrogen and oxygen atoms in total. The zero-order chi connectivity index (χ0) is 18.4. The van der Waals surface area contributed by atoms with Crippen molar-refractivity contribution in [1.82, 2.24) is 4.41 Å². The van der Waals surface area contributed by atoms with Gasteiger partial charge in [-0.15, -0.1) is 0 Å². The van der Waals surface area contributed by atoms with Crippen molar-refractivity contribution in [2.75, 3.05) is 0 Å². The fourth-order valence-electron chi connectivity index (χ4n) is 2.75. The van der Waals surface area contributed by atoms with Crippen molar-refractivity contribution >= 4 is 47.6 Å². The number of sulfonamides is 1. The van der Waals surface area contributed by atoms with Crippen molar-refractivity contribution in [1.29, 1.82) is 0 Å². The van der Waals surface area contributed by atoms with Crippen LogP contribution < -0.4 is 0 Å². The predicted molar refractivity (Wildman–Crippen MR) is 104 cm³/mol. The molecule has 1 N–H and O–H groups in total. The fraction of sp³-hybridized carbons (Fsp3) is 0.235. The number of aromatic hydroxyl groups is 1. The Bertz CT molecular complexity index is 957. The van der Waals surface area contributed by atoms with Crippen LogP contribution in [-0.4, -0.2) is 23.7 Å². The first-order valence-corrected chi connectivity index (χ1v) is 10.6. The van der Waals surface area contributed by atoms with Crippen LogP contribution in [0.5, 0.6) is 5.75 Å². The van der Waals surface area contributed by atoms with Crippen LogP contribution in [-0.2, 0) is 10.0 Å². The smallest absolute Gasteiger partial charge is 0.279 e. The van der Waals surface area contributed by atoms with Gasteiger partial charge in [0.2, 0.25) is 0 Å². The van der Waals surface area contributed by atoms with E-state index in [1.807, 2.05) is 6.92 Å². The van der Waals surface area contributed by atoms with Crippen LogP contribution in [0.3, 0.4) is 0 Å². The van der Waals surface area contributed by atoms with E-state index in [9.17, 15) is 13.5 Å². The third kappa shape index (κ3) is 3.47. The topological polar surface area (TPSA) is 70.0 Å². The highest BCUT2D eigenvalue weighted by atomic mass is 79.9. The van der Waals surface area contributed by atoms with Crippen LogP contribution >= 0.6 is 31.9 Å². The van der Waals surface area contributed by atoms with Crippen LogP contribution in [0.1, 0.15) is 30.5 Å². The minimum Gasteiger partial charge on any atom is -0.506 e. The van der Waals surface area contributed by atoms with E-state index >= 15 is 0 Å². The molecule has 0 saturated carbocycles. The largest absolute Gasteiger partial charge is 0.506 e. The van der Waals surface area contributed by atoms with Gasteiger partial charge in [-0.1, -0.05) is 33.6 Å². The average Bonchev–Trinajstić information content (AvgIpc) is 2.94. The minimum absolute atomic E-state index is 0.0159. The van der Waals surface area contributed by atoms with Crippen molar-refractivity contribution in [3.05, 3.63) is 56.5 Å². The van der Waals surface area contributed by atoms with E-state index < -0.39 is 16.1 Å². The molecule has 2 aromatic rings. The molecule has 3 rings (SSSR count). The van der Waals surface area contributed by atoms with Gasteiger partial charge in [0, 0.05) is 22.2 Å². The molecule has 8 heteroatoms. The molecule has 132 valence electrons. The van der Waals surface area contributed by atoms with E-state index in [-0.39, 0.29) is 10.6 Å². The van der Waals surface area contributed by atoms with Gasteiger partial charge >= 0.3 is 0 Å². The third-order valence-electron chi connectivity index (χ3n) is 4.01. The van der Waals surface area contributed by atoms with Gasteiger partial charge in [-0.05, 0) is 54.0 Å². The van der Waals surface area contributed by atoms with Gasteiger partial charge in [0.05, 0.1) is 15.4 Å². The van der Waals surface area contributed by atoms with Crippen LogP contribution in [0.4, 0.5) is 0 Å². The molecule has 2 aromatic carbocycles. The molecule has 1 aliphatic rings. The lowest BCUT2D eigenvalue weighted by atomic mass is 10.0. The van der Waals surface area contributed by atoms with E-state index in [1.165, 1.54) is 0 Å². The van der Waals surface area contributed by atoms with Crippen LogP contribution in [0.25, 0.3) is 0 Å². The molecular formula is C17H16Br2N2O3S. The maximum Gasteiger partial charge on any atom is 0.279 e. The quantitative estimate of drug-likeness (QED) is 0.679. The summed E-state index contributed by atoms with van der Waals surface area (Å²) in [6, 6.07) is 9.48. The molecule has 0 amide bonds. The minimum atomic E-state index is -3.82. The molecule has 0 bridgehead atoms. The molecule has 0 fully saturated rings. The Morgan fingerprint density at radius 3 is 2.44 bits per heavy atom. The van der Waals surface area contributed by atoms with Crippen LogP contribution in [0, 0.1) is 6.92 Å². The highest BCUT2D eigenvalue weighted by Gasteiger charge is 2.37. The Morgan fingerprint density at radius 1 is 1.16 bits per heavy atom. The third-order valence-corrected chi connectivity index (χ3v) is 6.77. The Morgan fingerprint density at radius 2 is 1.80 bits per heavy atom. The Labute approximate surface area is 163 Å². The number of halogens is 2. The normalized spacial score (nSPS) is 17.7. The van der Waals surface area contributed by atoms with Gasteiger partial charge in [-0.2, -0.15) is 17.9 Å². The highest BCUT2D eigenvalue weighted by Crippen LogP contribution is 2.43. The zero-order valence-electron chi connectivity index (χ0n) is 13.6. The molecule has 0 saturated heterocycles. The second-order valence-electron chi connectivity index (χ2n) is 5.97. The summed E-state index contributed by atoms with van der Waals surface area (Å²) in [5.74, 6) is 0.0159. The van der Waals surface area contributed by atoms with Crippen LogP contribution in [0.15, 0.2) is 55.3 Å². The second kappa shape index (κ2) is 6.74. The number of aryl methyl sites for hydroxylation is 1. The number of phenolic OH excluding ortho intramolecular Hbond substituents is 1. The van der Waals surface area contributed by atoms with Crippen LogP contribution in [0.2, 0.25) is 0 Å². The summed E-state index contributed by atoms with van der Waals surface area (Å²) in [4.78, 5) is 0.176. The number of benzene rings is 2. The summed E-state index contributed by atoms with van der Waals surface area (Å²) in [6.07, 6.45) is 0.418. The second-order valence-corrected chi connectivity index (χ2v) is 9.54. The Kier molecular flexibility index (Phi) is 4.96. The van der Waals surface area contributed by atoms with Crippen molar-refractivity contribution in [2.24, 2.45) is 5.10 Å².